The van der Waals surface area contributed by atoms with Gasteiger partial charge in [0.1, 0.15) is 0 Å². The summed E-state index contributed by atoms with van der Waals surface area (Å²) in [4.78, 5) is 0. The van der Waals surface area contributed by atoms with E-state index in [0.717, 1.165) is 19.3 Å². The van der Waals surface area contributed by atoms with E-state index in [-0.39, 0.29) is 11.7 Å². The molecule has 17 heavy (non-hydrogen) atoms. The van der Waals surface area contributed by atoms with E-state index in [1.54, 1.807) is 0 Å². The van der Waals surface area contributed by atoms with Crippen LogP contribution in [0.25, 0.3) is 0 Å². The van der Waals surface area contributed by atoms with E-state index >= 15 is 0 Å². The predicted octanol–water partition coefficient (Wildman–Crippen LogP) is 3.44. The van der Waals surface area contributed by atoms with E-state index in [1.165, 1.54) is 18.4 Å². The van der Waals surface area contributed by atoms with Gasteiger partial charge in [0.2, 0.25) is 0 Å². The Morgan fingerprint density at radius 2 is 2.12 bits per heavy atom. The van der Waals surface area contributed by atoms with Gasteiger partial charge in [0.25, 0.3) is 0 Å². The molecular formula is C15H26O2. The minimum Gasteiger partial charge on any atom is -0.388 e. The molecule has 1 N–H and O–H groups in total. The summed E-state index contributed by atoms with van der Waals surface area (Å²) in [6.45, 7) is 8.16. The van der Waals surface area contributed by atoms with Gasteiger partial charge in [-0.3, -0.25) is 0 Å². The summed E-state index contributed by atoms with van der Waals surface area (Å²) < 4.78 is 6.21. The molecular weight excluding hydrogens is 212 g/mol. The fourth-order valence-corrected chi connectivity index (χ4v) is 3.18. The number of hydrogen-bond donors (Lipinski definition) is 1. The van der Waals surface area contributed by atoms with Crippen LogP contribution < -0.4 is 0 Å². The molecule has 2 nitrogen and oxygen atoms in total. The molecule has 1 saturated heterocycles. The quantitative estimate of drug-likeness (QED) is 0.747. The first-order chi connectivity index (χ1) is 7.81. The molecule has 1 unspecified atom stereocenters. The zero-order chi connectivity index (χ0) is 12.7. The van der Waals surface area contributed by atoms with Crippen LogP contribution in [0.3, 0.4) is 0 Å². The van der Waals surface area contributed by atoms with Gasteiger partial charge in [0.15, 0.2) is 0 Å². The molecule has 1 heterocycles. The lowest BCUT2D eigenvalue weighted by molar-refractivity contribution is -0.135. The van der Waals surface area contributed by atoms with Crippen LogP contribution in [0.4, 0.5) is 0 Å². The molecule has 98 valence electrons. The number of ether oxygens (including phenoxy) is 1. The second-order valence-electron chi connectivity index (χ2n) is 6.63. The van der Waals surface area contributed by atoms with Gasteiger partial charge in [-0.15, -0.1) is 0 Å². The molecule has 3 atom stereocenters. The van der Waals surface area contributed by atoms with E-state index in [9.17, 15) is 5.11 Å². The Labute approximate surface area is 105 Å². The summed E-state index contributed by atoms with van der Waals surface area (Å²) in [5.41, 5.74) is 0.780. The first kappa shape index (κ1) is 13.1. The van der Waals surface area contributed by atoms with E-state index < -0.39 is 5.60 Å². The highest BCUT2D eigenvalue weighted by atomic mass is 16.5. The monoisotopic (exact) mass is 238 g/mol. The van der Waals surface area contributed by atoms with Crippen LogP contribution in [0.5, 0.6) is 0 Å². The van der Waals surface area contributed by atoms with Gasteiger partial charge >= 0.3 is 0 Å². The normalized spacial score (nSPS) is 39.2. The SMILES string of the molecule is CC1=CC[C@@H]([C@]2(C)CCC(C(C)(C)O)O2)CC1. The van der Waals surface area contributed by atoms with Crippen molar-refractivity contribution in [2.24, 2.45) is 5.92 Å². The fourth-order valence-electron chi connectivity index (χ4n) is 3.18. The summed E-state index contributed by atoms with van der Waals surface area (Å²) in [6, 6.07) is 0. The maximum Gasteiger partial charge on any atom is 0.0865 e. The Balaban J connectivity index is 2.02. The summed E-state index contributed by atoms with van der Waals surface area (Å²) in [7, 11) is 0. The van der Waals surface area contributed by atoms with Crippen molar-refractivity contribution in [1.29, 1.82) is 0 Å². The Kier molecular flexibility index (Phi) is 3.39. The van der Waals surface area contributed by atoms with Crippen molar-refractivity contribution >= 4 is 0 Å². The minimum absolute atomic E-state index is 0.000460. The summed E-state index contributed by atoms with van der Waals surface area (Å²) >= 11 is 0. The number of allylic oxidation sites excluding steroid dienone is 2. The highest BCUT2D eigenvalue weighted by molar-refractivity contribution is 5.07. The van der Waals surface area contributed by atoms with Crippen LogP contribution in [0, 0.1) is 5.92 Å². The van der Waals surface area contributed by atoms with Gasteiger partial charge in [-0.25, -0.2) is 0 Å². The summed E-state index contributed by atoms with van der Waals surface area (Å²) in [5, 5.41) is 10.1. The average Bonchev–Trinajstić information content (AvgIpc) is 2.62. The lowest BCUT2D eigenvalue weighted by Crippen LogP contribution is -2.41. The molecule has 0 bridgehead atoms. The fraction of sp³-hybridized carbons (Fsp3) is 0.867. The Morgan fingerprint density at radius 1 is 1.41 bits per heavy atom. The molecule has 2 heteroatoms. The van der Waals surface area contributed by atoms with Gasteiger partial charge in [0.05, 0.1) is 17.3 Å². The van der Waals surface area contributed by atoms with E-state index in [1.807, 2.05) is 13.8 Å². The maximum atomic E-state index is 10.1. The third-order valence-corrected chi connectivity index (χ3v) is 4.60. The largest absolute Gasteiger partial charge is 0.388 e. The van der Waals surface area contributed by atoms with Gasteiger partial charge in [-0.2, -0.15) is 0 Å². The predicted molar refractivity (Wildman–Crippen MR) is 69.9 cm³/mol. The zero-order valence-corrected chi connectivity index (χ0v) is 11.6. The molecule has 1 aliphatic carbocycles. The van der Waals surface area contributed by atoms with Crippen molar-refractivity contribution in [1.82, 2.24) is 0 Å². The Bertz CT molecular complexity index is 313. The third-order valence-electron chi connectivity index (χ3n) is 4.60. The number of rotatable bonds is 2. The highest BCUT2D eigenvalue weighted by Gasteiger charge is 2.46. The summed E-state index contributed by atoms with van der Waals surface area (Å²) in [5.74, 6) is 0.624. The standard InChI is InChI=1S/C15H26O2/c1-11-5-7-12(8-6-11)15(4)10-9-13(17-15)14(2,3)16/h5,12-13,16H,6-10H2,1-4H3/t12-,13?,15+/m1/s1. The van der Waals surface area contributed by atoms with Crippen LogP contribution in [0.2, 0.25) is 0 Å². The summed E-state index contributed by atoms with van der Waals surface area (Å²) in [6.07, 6.45) is 8.01. The second-order valence-corrected chi connectivity index (χ2v) is 6.63. The molecule has 0 aromatic heterocycles. The van der Waals surface area contributed by atoms with Crippen LogP contribution in [-0.2, 0) is 4.74 Å². The van der Waals surface area contributed by atoms with Gasteiger partial charge in [-0.05, 0) is 65.7 Å². The molecule has 1 fully saturated rings. The van der Waals surface area contributed by atoms with Crippen molar-refractivity contribution in [2.75, 3.05) is 0 Å². The zero-order valence-electron chi connectivity index (χ0n) is 11.6. The Morgan fingerprint density at radius 3 is 2.59 bits per heavy atom. The van der Waals surface area contributed by atoms with Crippen LogP contribution >= 0.6 is 0 Å². The van der Waals surface area contributed by atoms with Crippen LogP contribution in [0.15, 0.2) is 11.6 Å². The first-order valence-corrected chi connectivity index (χ1v) is 6.87. The third kappa shape index (κ3) is 2.74. The van der Waals surface area contributed by atoms with Crippen molar-refractivity contribution < 1.29 is 9.84 Å². The second kappa shape index (κ2) is 4.40. The van der Waals surface area contributed by atoms with Gasteiger partial charge in [-0.1, -0.05) is 11.6 Å². The molecule has 0 radical (unpaired) electrons. The topological polar surface area (TPSA) is 29.5 Å². The molecule has 0 aromatic carbocycles. The number of hydrogen-bond acceptors (Lipinski definition) is 2. The number of aliphatic hydroxyl groups is 1. The van der Waals surface area contributed by atoms with Crippen molar-refractivity contribution in [3.63, 3.8) is 0 Å². The molecule has 0 spiro atoms. The minimum atomic E-state index is -0.710. The first-order valence-electron chi connectivity index (χ1n) is 6.87. The Hall–Kier alpha value is -0.340. The van der Waals surface area contributed by atoms with Crippen LogP contribution in [-0.4, -0.2) is 22.4 Å². The lowest BCUT2D eigenvalue weighted by Gasteiger charge is -2.37. The maximum absolute atomic E-state index is 10.1. The van der Waals surface area contributed by atoms with Crippen molar-refractivity contribution in [2.45, 2.75) is 77.1 Å². The molecule has 2 rings (SSSR count). The molecule has 0 saturated carbocycles. The van der Waals surface area contributed by atoms with Gasteiger partial charge in [0, 0.05) is 0 Å². The van der Waals surface area contributed by atoms with Gasteiger partial charge < -0.3 is 9.84 Å². The lowest BCUT2D eigenvalue weighted by atomic mass is 9.77. The average molecular weight is 238 g/mol. The van der Waals surface area contributed by atoms with E-state index in [0.29, 0.717) is 5.92 Å². The van der Waals surface area contributed by atoms with E-state index in [2.05, 4.69) is 19.9 Å². The molecule has 0 aromatic rings. The molecule has 0 amide bonds. The van der Waals surface area contributed by atoms with Crippen molar-refractivity contribution in [3.05, 3.63) is 11.6 Å². The van der Waals surface area contributed by atoms with Crippen LogP contribution in [0.1, 0.15) is 59.8 Å². The van der Waals surface area contributed by atoms with E-state index in [4.69, 9.17) is 4.74 Å². The molecule has 1 aliphatic heterocycles. The smallest absolute Gasteiger partial charge is 0.0865 e. The highest BCUT2D eigenvalue weighted by Crippen LogP contribution is 2.44. The molecule has 2 aliphatic rings. The van der Waals surface area contributed by atoms with Crippen molar-refractivity contribution in [3.8, 4) is 0 Å².